The minimum Gasteiger partial charge on any atom is -0.394 e. The lowest BCUT2D eigenvalue weighted by Gasteiger charge is -2.23. The molecule has 1 aliphatic carbocycles. The van der Waals surface area contributed by atoms with E-state index in [2.05, 4.69) is 22.0 Å². The normalized spacial score (nSPS) is 14.1. The Morgan fingerprint density at radius 2 is 1.93 bits per heavy atom. The number of ketones is 1. The van der Waals surface area contributed by atoms with Crippen LogP contribution in [0.5, 0.6) is 0 Å². The van der Waals surface area contributed by atoms with Gasteiger partial charge in [0.1, 0.15) is 0 Å². The molecule has 144 valence electrons. The summed E-state index contributed by atoms with van der Waals surface area (Å²) in [5, 5.41) is 12.2. The maximum Gasteiger partial charge on any atom is 0.225 e. The highest BCUT2D eigenvalue weighted by Crippen LogP contribution is 2.31. The number of nitrogens with zero attached hydrogens (tertiary/aromatic N) is 1. The lowest BCUT2D eigenvalue weighted by Crippen LogP contribution is -2.47. The monoisotopic (exact) mass is 368 g/mol. The maximum atomic E-state index is 12.7. The number of benzene rings is 1. The van der Waals surface area contributed by atoms with Crippen molar-refractivity contribution >= 4 is 11.7 Å². The Bertz CT molecular complexity index is 850. The Kier molecular flexibility index (Phi) is 5.51. The van der Waals surface area contributed by atoms with E-state index in [1.165, 1.54) is 5.56 Å². The van der Waals surface area contributed by atoms with Gasteiger partial charge in [0.2, 0.25) is 5.91 Å². The first-order valence-corrected chi connectivity index (χ1v) is 9.52. The molecule has 5 heteroatoms. The highest BCUT2D eigenvalue weighted by atomic mass is 16.3. The van der Waals surface area contributed by atoms with Crippen LogP contribution in [0.1, 0.15) is 59.6 Å². The van der Waals surface area contributed by atoms with Gasteiger partial charge in [0, 0.05) is 29.9 Å². The van der Waals surface area contributed by atoms with Crippen LogP contribution >= 0.6 is 0 Å². The van der Waals surface area contributed by atoms with Crippen LogP contribution in [0.15, 0.2) is 30.3 Å². The number of Topliss-reactive ketones (excluding diaryl/α,β-unsaturated/α-hetero) is 1. The molecular formula is C22H28N2O3. The number of aromatic nitrogens is 1. The van der Waals surface area contributed by atoms with Crippen LogP contribution in [0.4, 0.5) is 0 Å². The molecule has 0 bridgehead atoms. The molecule has 0 radical (unpaired) electrons. The summed E-state index contributed by atoms with van der Waals surface area (Å²) in [5.41, 5.74) is 4.10. The number of aliphatic hydroxyl groups excluding tert-OH is 1. The second-order valence-corrected chi connectivity index (χ2v) is 8.00. The maximum absolute atomic E-state index is 12.7. The summed E-state index contributed by atoms with van der Waals surface area (Å²) in [6.45, 7) is 6.11. The van der Waals surface area contributed by atoms with E-state index in [0.717, 1.165) is 35.4 Å². The molecule has 5 nitrogen and oxygen atoms in total. The molecule has 1 amide bonds. The highest BCUT2D eigenvalue weighted by Gasteiger charge is 2.30. The predicted molar refractivity (Wildman–Crippen MR) is 105 cm³/mol. The number of hydrogen-bond acceptors (Lipinski definition) is 3. The third-order valence-electron chi connectivity index (χ3n) is 5.25. The van der Waals surface area contributed by atoms with E-state index in [-0.39, 0.29) is 24.7 Å². The summed E-state index contributed by atoms with van der Waals surface area (Å²) in [6.07, 6.45) is 2.41. The molecule has 1 heterocycles. The lowest BCUT2D eigenvalue weighted by molar-refractivity contribution is -0.122. The summed E-state index contributed by atoms with van der Waals surface area (Å²) in [4.78, 5) is 25.2. The van der Waals surface area contributed by atoms with Crippen molar-refractivity contribution < 1.29 is 14.7 Å². The van der Waals surface area contributed by atoms with Crippen molar-refractivity contribution in [2.75, 3.05) is 6.61 Å². The van der Waals surface area contributed by atoms with Crippen LogP contribution in [0.25, 0.3) is 0 Å². The number of carbonyl (C=O) groups excluding carboxylic acids is 2. The third-order valence-corrected chi connectivity index (χ3v) is 5.25. The topological polar surface area (TPSA) is 71.3 Å². The third kappa shape index (κ3) is 4.14. The van der Waals surface area contributed by atoms with Gasteiger partial charge in [-0.1, -0.05) is 30.3 Å². The van der Waals surface area contributed by atoms with Crippen molar-refractivity contribution in [3.05, 3.63) is 58.4 Å². The molecule has 2 N–H and O–H groups in total. The van der Waals surface area contributed by atoms with Gasteiger partial charge in [0.25, 0.3) is 0 Å². The van der Waals surface area contributed by atoms with E-state index in [1.54, 1.807) is 13.8 Å². The number of carbonyl (C=O) groups is 2. The van der Waals surface area contributed by atoms with Crippen LogP contribution in [0, 0.1) is 6.92 Å². The average Bonchev–Trinajstić information content (AvgIpc) is 2.89. The van der Waals surface area contributed by atoms with Crippen LogP contribution in [0.3, 0.4) is 0 Å². The Labute approximate surface area is 160 Å². The minimum absolute atomic E-state index is 0.135. The molecule has 1 aliphatic rings. The van der Waals surface area contributed by atoms with E-state index in [0.29, 0.717) is 13.0 Å². The predicted octanol–water partition coefficient (Wildman–Crippen LogP) is 2.79. The molecule has 3 rings (SSSR count). The highest BCUT2D eigenvalue weighted by molar-refractivity contribution is 6.01. The first kappa shape index (κ1) is 19.4. The molecule has 27 heavy (non-hydrogen) atoms. The molecule has 1 aromatic heterocycles. The molecule has 0 fully saturated rings. The molecule has 0 unspecified atom stereocenters. The molecule has 0 spiro atoms. The summed E-state index contributed by atoms with van der Waals surface area (Å²) < 4.78 is 2.20. The first-order valence-electron chi connectivity index (χ1n) is 9.52. The van der Waals surface area contributed by atoms with Gasteiger partial charge in [-0.2, -0.15) is 0 Å². The van der Waals surface area contributed by atoms with E-state index in [9.17, 15) is 14.7 Å². The van der Waals surface area contributed by atoms with Gasteiger partial charge in [-0.3, -0.25) is 9.59 Å². The zero-order chi connectivity index (χ0) is 19.6. The number of nitrogens with one attached hydrogen (secondary N) is 1. The van der Waals surface area contributed by atoms with E-state index < -0.39 is 5.54 Å². The zero-order valence-corrected chi connectivity index (χ0v) is 16.3. The average molecular weight is 368 g/mol. The van der Waals surface area contributed by atoms with Crippen molar-refractivity contribution in [2.24, 2.45) is 0 Å². The Morgan fingerprint density at radius 3 is 2.59 bits per heavy atom. The standard InChI is InChI=1S/C22H28N2O3/c1-15-17(12-20(27)23-22(2,3)14-25)21-18(10-7-11-19(21)26)24(15)13-16-8-5-4-6-9-16/h4-6,8-9,25H,7,10-14H2,1-3H3,(H,23,27). The van der Waals surface area contributed by atoms with Crippen molar-refractivity contribution in [1.29, 1.82) is 0 Å². The van der Waals surface area contributed by atoms with Gasteiger partial charge in [-0.05, 0) is 44.7 Å². The Balaban J connectivity index is 1.96. The van der Waals surface area contributed by atoms with Crippen molar-refractivity contribution in [2.45, 2.75) is 58.5 Å². The largest absolute Gasteiger partial charge is 0.394 e. The van der Waals surface area contributed by atoms with Gasteiger partial charge in [-0.25, -0.2) is 0 Å². The van der Waals surface area contributed by atoms with Gasteiger partial charge in [0.05, 0.1) is 18.6 Å². The van der Waals surface area contributed by atoms with Crippen molar-refractivity contribution in [3.63, 3.8) is 0 Å². The van der Waals surface area contributed by atoms with E-state index in [4.69, 9.17) is 0 Å². The van der Waals surface area contributed by atoms with Gasteiger partial charge >= 0.3 is 0 Å². The first-order chi connectivity index (χ1) is 12.8. The second kappa shape index (κ2) is 7.69. The molecule has 0 atom stereocenters. The summed E-state index contributed by atoms with van der Waals surface area (Å²) in [5.74, 6) is -0.0365. The lowest BCUT2D eigenvalue weighted by atomic mass is 9.91. The summed E-state index contributed by atoms with van der Waals surface area (Å²) in [7, 11) is 0. The summed E-state index contributed by atoms with van der Waals surface area (Å²) in [6, 6.07) is 10.2. The van der Waals surface area contributed by atoms with E-state index >= 15 is 0 Å². The number of fused-ring (bicyclic) bond motifs is 1. The quantitative estimate of drug-likeness (QED) is 0.824. The molecule has 0 saturated carbocycles. The molecule has 0 aliphatic heterocycles. The molecular weight excluding hydrogens is 340 g/mol. The molecule has 0 saturated heterocycles. The van der Waals surface area contributed by atoms with Crippen molar-refractivity contribution in [3.8, 4) is 0 Å². The fourth-order valence-corrected chi connectivity index (χ4v) is 3.80. The fourth-order valence-electron chi connectivity index (χ4n) is 3.80. The van der Waals surface area contributed by atoms with Crippen LogP contribution in [0.2, 0.25) is 0 Å². The van der Waals surface area contributed by atoms with Crippen molar-refractivity contribution in [1.82, 2.24) is 9.88 Å². The van der Waals surface area contributed by atoms with Crippen LogP contribution in [-0.4, -0.2) is 33.5 Å². The van der Waals surface area contributed by atoms with Crippen LogP contribution < -0.4 is 5.32 Å². The smallest absolute Gasteiger partial charge is 0.225 e. The van der Waals surface area contributed by atoms with Gasteiger partial charge in [0.15, 0.2) is 5.78 Å². The molecule has 2 aromatic rings. The number of rotatable bonds is 6. The number of amides is 1. The SMILES string of the molecule is Cc1c(CC(=O)NC(C)(C)CO)c2c(n1Cc1ccccc1)CCCC2=O. The second-order valence-electron chi connectivity index (χ2n) is 8.00. The molecule has 1 aromatic carbocycles. The number of hydrogen-bond donors (Lipinski definition) is 2. The summed E-state index contributed by atoms with van der Waals surface area (Å²) >= 11 is 0. The van der Waals surface area contributed by atoms with E-state index in [1.807, 2.05) is 25.1 Å². The van der Waals surface area contributed by atoms with Crippen LogP contribution in [-0.2, 0) is 24.2 Å². The van der Waals surface area contributed by atoms with Gasteiger partial charge < -0.3 is 15.0 Å². The van der Waals surface area contributed by atoms with Gasteiger partial charge in [-0.15, -0.1) is 0 Å². The fraction of sp³-hybridized carbons (Fsp3) is 0.455. The minimum atomic E-state index is -0.679. The Morgan fingerprint density at radius 1 is 1.22 bits per heavy atom. The number of aliphatic hydroxyl groups is 1. The zero-order valence-electron chi connectivity index (χ0n) is 16.3. The Hall–Kier alpha value is -2.40.